The number of fused-ring (bicyclic) bond motifs is 1. The average molecular weight is 459 g/mol. The van der Waals surface area contributed by atoms with Crippen LogP contribution in [0.5, 0.6) is 0 Å². The van der Waals surface area contributed by atoms with E-state index in [1.807, 2.05) is 76.2 Å². The molecule has 2 aromatic carbocycles. The third-order valence-corrected chi connectivity index (χ3v) is 6.97. The van der Waals surface area contributed by atoms with Crippen molar-refractivity contribution in [2.24, 2.45) is 0 Å². The number of hydrogen-bond donors (Lipinski definition) is 1. The predicted molar refractivity (Wildman–Crippen MR) is 131 cm³/mol. The molecule has 1 N–H and O–H groups in total. The summed E-state index contributed by atoms with van der Waals surface area (Å²) >= 11 is 0. The molecule has 2 aromatic heterocycles. The Morgan fingerprint density at radius 1 is 1.12 bits per heavy atom. The number of nitrogens with one attached hydrogen (secondary N) is 1. The SMILES string of the molecule is Cc1cccc(C[C@H](N[S@@](=O)C(C)(C)C)c2ccccc2-c2noc3cc(C#N)ccc23)n1. The molecule has 0 aliphatic heterocycles. The summed E-state index contributed by atoms with van der Waals surface area (Å²) in [6.07, 6.45) is 0.564. The highest BCUT2D eigenvalue weighted by atomic mass is 32.2. The third kappa shape index (κ3) is 5.03. The summed E-state index contributed by atoms with van der Waals surface area (Å²) in [6.45, 7) is 7.80. The fourth-order valence-electron chi connectivity index (χ4n) is 3.66. The van der Waals surface area contributed by atoms with Gasteiger partial charge in [0.15, 0.2) is 5.58 Å². The standard InChI is InChI=1S/C26H26N4O2S/c1-17-8-7-9-19(28-17)15-23(30-33(31)26(2,3)4)20-10-5-6-11-21(20)25-22-13-12-18(16-27)14-24(22)32-29-25/h5-14,23,30H,15H2,1-4H3/t23-,33-/m0/s1. The molecule has 0 saturated carbocycles. The lowest BCUT2D eigenvalue weighted by Gasteiger charge is -2.26. The largest absolute Gasteiger partial charge is 0.356 e. The van der Waals surface area contributed by atoms with E-state index >= 15 is 0 Å². The molecule has 2 heterocycles. The van der Waals surface area contributed by atoms with Gasteiger partial charge >= 0.3 is 0 Å². The Bertz CT molecular complexity index is 1360. The van der Waals surface area contributed by atoms with Crippen LogP contribution in [0.2, 0.25) is 0 Å². The van der Waals surface area contributed by atoms with Crippen molar-refractivity contribution < 1.29 is 8.73 Å². The Hall–Kier alpha value is -3.34. The monoisotopic (exact) mass is 458 g/mol. The highest BCUT2D eigenvalue weighted by molar-refractivity contribution is 7.84. The molecule has 0 fully saturated rings. The molecular weight excluding hydrogens is 432 g/mol. The van der Waals surface area contributed by atoms with E-state index in [0.29, 0.717) is 23.3 Å². The minimum Gasteiger partial charge on any atom is -0.356 e. The van der Waals surface area contributed by atoms with Crippen LogP contribution in [0.25, 0.3) is 22.2 Å². The Balaban J connectivity index is 1.81. The van der Waals surface area contributed by atoms with Crippen LogP contribution in [0.3, 0.4) is 0 Å². The van der Waals surface area contributed by atoms with Crippen molar-refractivity contribution >= 4 is 22.0 Å². The first-order valence-electron chi connectivity index (χ1n) is 10.8. The molecule has 7 heteroatoms. The van der Waals surface area contributed by atoms with Crippen molar-refractivity contribution in [3.63, 3.8) is 0 Å². The molecule has 0 amide bonds. The van der Waals surface area contributed by atoms with E-state index in [2.05, 4.69) is 20.9 Å². The van der Waals surface area contributed by atoms with Gasteiger partial charge in [-0.15, -0.1) is 0 Å². The van der Waals surface area contributed by atoms with Gasteiger partial charge in [0.05, 0.1) is 33.4 Å². The van der Waals surface area contributed by atoms with Gasteiger partial charge in [-0.2, -0.15) is 5.26 Å². The second-order valence-electron chi connectivity index (χ2n) is 8.97. The summed E-state index contributed by atoms with van der Waals surface area (Å²) in [7, 11) is -1.29. The third-order valence-electron chi connectivity index (χ3n) is 5.36. The zero-order valence-corrected chi connectivity index (χ0v) is 19.9. The molecule has 0 spiro atoms. The molecule has 0 unspecified atom stereocenters. The van der Waals surface area contributed by atoms with Gasteiger partial charge in [-0.1, -0.05) is 35.5 Å². The van der Waals surface area contributed by atoms with Gasteiger partial charge in [0.25, 0.3) is 0 Å². The molecule has 2 atom stereocenters. The van der Waals surface area contributed by atoms with Crippen LogP contribution in [0.15, 0.2) is 65.2 Å². The fraction of sp³-hybridized carbons (Fsp3) is 0.269. The van der Waals surface area contributed by atoms with Gasteiger partial charge < -0.3 is 4.52 Å². The lowest BCUT2D eigenvalue weighted by molar-refractivity contribution is 0.459. The first-order chi connectivity index (χ1) is 15.8. The number of nitrogens with zero attached hydrogens (tertiary/aromatic N) is 3. The van der Waals surface area contributed by atoms with Crippen LogP contribution in [-0.4, -0.2) is 19.1 Å². The summed E-state index contributed by atoms with van der Waals surface area (Å²) in [4.78, 5) is 4.67. The number of nitriles is 1. The second kappa shape index (κ2) is 9.26. The van der Waals surface area contributed by atoms with Crippen LogP contribution < -0.4 is 4.72 Å². The molecule has 168 valence electrons. The average Bonchev–Trinajstić information content (AvgIpc) is 3.21. The van der Waals surface area contributed by atoms with Crippen molar-refractivity contribution in [3.8, 4) is 17.3 Å². The molecule has 0 aliphatic carbocycles. The Morgan fingerprint density at radius 3 is 2.64 bits per heavy atom. The van der Waals surface area contributed by atoms with E-state index < -0.39 is 15.7 Å². The fourth-order valence-corrected chi connectivity index (χ4v) is 4.48. The highest BCUT2D eigenvalue weighted by Gasteiger charge is 2.27. The number of aromatic nitrogens is 2. The minimum absolute atomic E-state index is 0.263. The molecule has 0 saturated heterocycles. The van der Waals surface area contributed by atoms with Crippen molar-refractivity contribution in [3.05, 3.63) is 83.2 Å². The van der Waals surface area contributed by atoms with Crippen LogP contribution in [0, 0.1) is 18.3 Å². The number of rotatable bonds is 6. The van der Waals surface area contributed by atoms with Gasteiger partial charge in [-0.3, -0.25) is 4.98 Å². The number of benzene rings is 2. The van der Waals surface area contributed by atoms with E-state index in [-0.39, 0.29) is 6.04 Å². The normalized spacial score (nSPS) is 13.5. The predicted octanol–water partition coefficient (Wildman–Crippen LogP) is 5.41. The van der Waals surface area contributed by atoms with Gasteiger partial charge in [0.2, 0.25) is 0 Å². The molecule has 0 bridgehead atoms. The van der Waals surface area contributed by atoms with Crippen LogP contribution in [0.4, 0.5) is 0 Å². The van der Waals surface area contributed by atoms with E-state index in [0.717, 1.165) is 27.9 Å². The molecule has 4 rings (SSSR count). The van der Waals surface area contributed by atoms with Crippen LogP contribution in [-0.2, 0) is 17.4 Å². The lowest BCUT2D eigenvalue weighted by atomic mass is 9.94. The summed E-state index contributed by atoms with van der Waals surface area (Å²) in [5.74, 6) is 0. The van der Waals surface area contributed by atoms with Gasteiger partial charge in [-0.05, 0) is 57.5 Å². The lowest BCUT2D eigenvalue weighted by Crippen LogP contribution is -2.36. The zero-order valence-electron chi connectivity index (χ0n) is 19.1. The Labute approximate surface area is 196 Å². The quantitative estimate of drug-likeness (QED) is 0.417. The van der Waals surface area contributed by atoms with E-state index in [1.165, 1.54) is 0 Å². The number of hydrogen-bond acceptors (Lipinski definition) is 5. The van der Waals surface area contributed by atoms with Crippen molar-refractivity contribution in [1.29, 1.82) is 5.26 Å². The molecule has 4 aromatic rings. The van der Waals surface area contributed by atoms with Crippen molar-refractivity contribution in [2.45, 2.75) is 44.9 Å². The maximum Gasteiger partial charge on any atom is 0.168 e. The van der Waals surface area contributed by atoms with E-state index in [9.17, 15) is 9.47 Å². The zero-order chi connectivity index (χ0) is 23.6. The van der Waals surface area contributed by atoms with Crippen LogP contribution in [0.1, 0.15) is 49.3 Å². The molecule has 6 nitrogen and oxygen atoms in total. The highest BCUT2D eigenvalue weighted by Crippen LogP contribution is 2.35. The first-order valence-corrected chi connectivity index (χ1v) is 11.9. The Kier molecular flexibility index (Phi) is 6.41. The molecule has 0 aliphatic rings. The summed E-state index contributed by atoms with van der Waals surface area (Å²) < 4.78 is 21.6. The maximum atomic E-state index is 13.1. The van der Waals surface area contributed by atoms with Crippen molar-refractivity contribution in [2.75, 3.05) is 0 Å². The van der Waals surface area contributed by atoms with E-state index in [4.69, 9.17) is 4.52 Å². The smallest absolute Gasteiger partial charge is 0.168 e. The van der Waals surface area contributed by atoms with Crippen LogP contribution >= 0.6 is 0 Å². The molecule has 0 radical (unpaired) electrons. The summed E-state index contributed by atoms with van der Waals surface area (Å²) in [5, 5.41) is 14.3. The number of pyridine rings is 1. The first kappa shape index (κ1) is 22.8. The Morgan fingerprint density at radius 2 is 1.91 bits per heavy atom. The summed E-state index contributed by atoms with van der Waals surface area (Å²) in [5.41, 5.74) is 5.46. The van der Waals surface area contributed by atoms with E-state index in [1.54, 1.807) is 12.1 Å². The van der Waals surface area contributed by atoms with Gasteiger partial charge in [0, 0.05) is 34.8 Å². The minimum atomic E-state index is -1.29. The molecule has 33 heavy (non-hydrogen) atoms. The number of aryl methyl sites for hydroxylation is 1. The maximum absolute atomic E-state index is 13.1. The topological polar surface area (TPSA) is 91.8 Å². The van der Waals surface area contributed by atoms with Gasteiger partial charge in [0.1, 0.15) is 5.69 Å². The van der Waals surface area contributed by atoms with Crippen molar-refractivity contribution in [1.82, 2.24) is 14.9 Å². The molecular formula is C26H26N4O2S. The summed E-state index contributed by atoms with van der Waals surface area (Å²) in [6, 6.07) is 21.0. The van der Waals surface area contributed by atoms with Gasteiger partial charge in [-0.25, -0.2) is 8.93 Å². The second-order valence-corrected chi connectivity index (χ2v) is 11.0.